The average molecular weight is 336 g/mol. The number of halogens is 1. The van der Waals surface area contributed by atoms with Gasteiger partial charge in [-0.25, -0.2) is 13.1 Å². The zero-order chi connectivity index (χ0) is 15.4. The lowest BCUT2D eigenvalue weighted by Gasteiger charge is -2.20. The predicted octanol–water partition coefficient (Wildman–Crippen LogP) is 1.34. The van der Waals surface area contributed by atoms with Crippen LogP contribution >= 0.6 is 12.4 Å². The monoisotopic (exact) mass is 335 g/mol. The second-order valence-corrected chi connectivity index (χ2v) is 7.14. The van der Waals surface area contributed by atoms with Crippen LogP contribution in [0.1, 0.15) is 20.8 Å². The molecule has 120 valence electrons. The van der Waals surface area contributed by atoms with Crippen LogP contribution in [-0.4, -0.2) is 33.5 Å². The predicted molar refractivity (Wildman–Crippen MR) is 86.3 cm³/mol. The van der Waals surface area contributed by atoms with Crippen LogP contribution in [0.2, 0.25) is 0 Å². The van der Waals surface area contributed by atoms with E-state index in [0.29, 0.717) is 5.69 Å². The van der Waals surface area contributed by atoms with Crippen molar-refractivity contribution in [3.05, 3.63) is 24.3 Å². The van der Waals surface area contributed by atoms with Gasteiger partial charge in [-0.2, -0.15) is 0 Å². The Balaban J connectivity index is 0.00000400. The number of hydrogen-bond donors (Lipinski definition) is 3. The van der Waals surface area contributed by atoms with Gasteiger partial charge in [0.1, 0.15) is 0 Å². The normalized spacial score (nSPS) is 11.6. The molecular formula is C13H22ClN3O3S. The molecule has 0 aliphatic carbocycles. The third-order valence-electron chi connectivity index (χ3n) is 2.21. The van der Waals surface area contributed by atoms with E-state index >= 15 is 0 Å². The van der Waals surface area contributed by atoms with Gasteiger partial charge in [-0.05, 0) is 46.0 Å². The van der Waals surface area contributed by atoms with Crippen molar-refractivity contribution in [2.45, 2.75) is 31.2 Å². The van der Waals surface area contributed by atoms with Gasteiger partial charge in [0.15, 0.2) is 0 Å². The maximum absolute atomic E-state index is 12.2. The molecule has 8 heteroatoms. The van der Waals surface area contributed by atoms with Crippen molar-refractivity contribution in [2.24, 2.45) is 0 Å². The molecule has 0 bridgehead atoms. The molecule has 0 atom stereocenters. The third kappa shape index (κ3) is 6.90. The molecule has 6 nitrogen and oxygen atoms in total. The fourth-order valence-electron chi connectivity index (χ4n) is 1.57. The Morgan fingerprint density at radius 3 is 2.38 bits per heavy atom. The minimum absolute atomic E-state index is 0. The molecule has 3 N–H and O–H groups in total. The number of sulfonamides is 1. The number of benzene rings is 1. The quantitative estimate of drug-likeness (QED) is 0.758. The summed E-state index contributed by atoms with van der Waals surface area (Å²) in [5.74, 6) is -0.231. The fourth-order valence-corrected chi connectivity index (χ4v) is 3.03. The summed E-state index contributed by atoms with van der Waals surface area (Å²) in [6.07, 6.45) is 0. The first kappa shape index (κ1) is 19.9. The van der Waals surface area contributed by atoms with Crippen molar-refractivity contribution in [3.8, 4) is 0 Å². The van der Waals surface area contributed by atoms with Gasteiger partial charge < -0.3 is 10.6 Å². The summed E-state index contributed by atoms with van der Waals surface area (Å²) < 4.78 is 26.9. The fraction of sp³-hybridized carbons (Fsp3) is 0.462. The van der Waals surface area contributed by atoms with Gasteiger partial charge in [-0.3, -0.25) is 4.79 Å². The Morgan fingerprint density at radius 1 is 1.24 bits per heavy atom. The number of amides is 1. The molecule has 0 radical (unpaired) electrons. The van der Waals surface area contributed by atoms with Crippen LogP contribution in [0.3, 0.4) is 0 Å². The lowest BCUT2D eigenvalue weighted by atomic mass is 10.1. The van der Waals surface area contributed by atoms with Crippen LogP contribution in [-0.2, 0) is 14.8 Å². The highest BCUT2D eigenvalue weighted by Gasteiger charge is 2.22. The van der Waals surface area contributed by atoms with Crippen molar-refractivity contribution in [1.29, 1.82) is 0 Å². The molecule has 0 unspecified atom stereocenters. The van der Waals surface area contributed by atoms with Gasteiger partial charge in [0.05, 0.1) is 11.4 Å². The summed E-state index contributed by atoms with van der Waals surface area (Å²) in [6.45, 7) is 5.46. The molecule has 1 amide bonds. The highest BCUT2D eigenvalue weighted by Crippen LogP contribution is 2.17. The summed E-state index contributed by atoms with van der Waals surface area (Å²) in [5, 5.41) is 5.35. The van der Waals surface area contributed by atoms with Crippen LogP contribution in [0.5, 0.6) is 0 Å². The van der Waals surface area contributed by atoms with E-state index in [1.807, 2.05) is 0 Å². The molecule has 0 fully saturated rings. The number of carbonyl (C=O) groups is 1. The van der Waals surface area contributed by atoms with Crippen molar-refractivity contribution in [3.63, 3.8) is 0 Å². The van der Waals surface area contributed by atoms with E-state index in [9.17, 15) is 13.2 Å². The van der Waals surface area contributed by atoms with Crippen molar-refractivity contribution < 1.29 is 13.2 Å². The molecule has 1 rings (SSSR count). The zero-order valence-electron chi connectivity index (χ0n) is 12.6. The van der Waals surface area contributed by atoms with Gasteiger partial charge in [0.2, 0.25) is 15.9 Å². The first-order valence-electron chi connectivity index (χ1n) is 6.22. The number of carbonyl (C=O) groups excluding carboxylic acids is 1. The summed E-state index contributed by atoms with van der Waals surface area (Å²) in [5.41, 5.74) is -0.119. The Hall–Kier alpha value is -1.15. The summed E-state index contributed by atoms with van der Waals surface area (Å²) >= 11 is 0. The number of hydrogen-bond acceptors (Lipinski definition) is 4. The highest BCUT2D eigenvalue weighted by atomic mass is 35.5. The molecule has 0 heterocycles. The van der Waals surface area contributed by atoms with E-state index in [1.54, 1.807) is 40.0 Å². The second kappa shape index (κ2) is 7.74. The summed E-state index contributed by atoms with van der Waals surface area (Å²) in [6, 6.07) is 6.15. The molecule has 1 aromatic carbocycles. The van der Waals surface area contributed by atoms with Gasteiger partial charge in [0.25, 0.3) is 0 Å². The minimum Gasteiger partial charge on any atom is -0.325 e. The SMILES string of the molecule is CNCC(=O)Nc1cccc(S(=O)(=O)NC(C)(C)C)c1.Cl. The van der Waals surface area contributed by atoms with Crippen molar-refractivity contribution in [1.82, 2.24) is 10.0 Å². The molecule has 0 aliphatic heterocycles. The molecule has 0 aliphatic rings. The lowest BCUT2D eigenvalue weighted by Crippen LogP contribution is -2.40. The van der Waals surface area contributed by atoms with Crippen LogP contribution in [0, 0.1) is 0 Å². The Morgan fingerprint density at radius 2 is 1.86 bits per heavy atom. The van der Waals surface area contributed by atoms with Crippen LogP contribution in [0.4, 0.5) is 5.69 Å². The highest BCUT2D eigenvalue weighted by molar-refractivity contribution is 7.89. The molecule has 0 saturated carbocycles. The Kier molecular flexibility index (Phi) is 7.32. The van der Waals surface area contributed by atoms with Gasteiger partial charge in [0, 0.05) is 11.2 Å². The standard InChI is InChI=1S/C13H21N3O3S.ClH/c1-13(2,3)16-20(18,19)11-7-5-6-10(8-11)15-12(17)9-14-4;/h5-8,14,16H,9H2,1-4H3,(H,15,17);1H. The number of anilines is 1. The minimum atomic E-state index is -3.61. The van der Waals surface area contributed by atoms with Crippen LogP contribution < -0.4 is 15.4 Å². The number of likely N-dealkylation sites (N-methyl/N-ethyl adjacent to an activating group) is 1. The molecule has 21 heavy (non-hydrogen) atoms. The smallest absolute Gasteiger partial charge is 0.241 e. The van der Waals surface area contributed by atoms with Crippen LogP contribution in [0.25, 0.3) is 0 Å². The van der Waals surface area contributed by atoms with E-state index in [0.717, 1.165) is 0 Å². The van der Waals surface area contributed by atoms with E-state index < -0.39 is 15.6 Å². The molecule has 0 spiro atoms. The average Bonchev–Trinajstić information content (AvgIpc) is 2.26. The summed E-state index contributed by atoms with van der Waals surface area (Å²) in [7, 11) is -1.95. The van der Waals surface area contributed by atoms with E-state index in [-0.39, 0.29) is 29.8 Å². The first-order chi connectivity index (χ1) is 9.14. The lowest BCUT2D eigenvalue weighted by molar-refractivity contribution is -0.115. The van der Waals surface area contributed by atoms with E-state index in [2.05, 4.69) is 15.4 Å². The van der Waals surface area contributed by atoms with Crippen molar-refractivity contribution >= 4 is 34.0 Å². The maximum atomic E-state index is 12.2. The largest absolute Gasteiger partial charge is 0.325 e. The molecule has 1 aromatic rings. The topological polar surface area (TPSA) is 87.3 Å². The molecule has 0 saturated heterocycles. The van der Waals surface area contributed by atoms with Crippen LogP contribution in [0.15, 0.2) is 29.2 Å². The van der Waals surface area contributed by atoms with E-state index in [4.69, 9.17) is 0 Å². The third-order valence-corrected chi connectivity index (χ3v) is 3.96. The number of rotatable bonds is 5. The number of nitrogens with one attached hydrogen (secondary N) is 3. The Bertz CT molecular complexity index is 583. The molecule has 0 aromatic heterocycles. The van der Waals surface area contributed by atoms with Gasteiger partial charge in [-0.15, -0.1) is 12.4 Å². The molecular weight excluding hydrogens is 314 g/mol. The first-order valence-corrected chi connectivity index (χ1v) is 7.71. The van der Waals surface area contributed by atoms with E-state index in [1.165, 1.54) is 12.1 Å². The summed E-state index contributed by atoms with van der Waals surface area (Å²) in [4.78, 5) is 11.6. The van der Waals surface area contributed by atoms with Gasteiger partial charge >= 0.3 is 0 Å². The zero-order valence-corrected chi connectivity index (χ0v) is 14.2. The maximum Gasteiger partial charge on any atom is 0.241 e. The van der Waals surface area contributed by atoms with Crippen molar-refractivity contribution in [2.75, 3.05) is 18.9 Å². The second-order valence-electron chi connectivity index (χ2n) is 5.46. The van der Waals surface area contributed by atoms with Gasteiger partial charge in [-0.1, -0.05) is 6.07 Å². The Labute approximate surface area is 132 Å².